The number of aliphatic hydroxyl groups excluding tert-OH is 3. The summed E-state index contributed by atoms with van der Waals surface area (Å²) in [5.41, 5.74) is -6.22. The lowest BCUT2D eigenvalue weighted by atomic mass is 9.44. The van der Waals surface area contributed by atoms with Gasteiger partial charge in [0.25, 0.3) is 0 Å². The summed E-state index contributed by atoms with van der Waals surface area (Å²) in [4.78, 5) is 25.2. The quantitative estimate of drug-likeness (QED) is 0.290. The Labute approximate surface area is 217 Å². The third kappa shape index (κ3) is 3.44. The molecule has 9 heteroatoms. The molecule has 9 nitrogen and oxygen atoms in total. The number of cyclic esters (lactones) is 1. The van der Waals surface area contributed by atoms with Crippen molar-refractivity contribution in [1.29, 1.82) is 0 Å². The Morgan fingerprint density at radius 1 is 1.05 bits per heavy atom. The van der Waals surface area contributed by atoms with Crippen molar-refractivity contribution in [2.45, 2.75) is 108 Å². The average molecular weight is 523 g/mol. The molecule has 3 saturated carbocycles. The molecule has 12 atom stereocenters. The second kappa shape index (κ2) is 8.32. The molecule has 1 saturated heterocycles. The number of esters is 1. The number of fused-ring (bicyclic) bond motifs is 5. The predicted octanol–water partition coefficient (Wildman–Crippen LogP) is 0.617. The number of aliphatic hydroxyl groups is 6. The van der Waals surface area contributed by atoms with E-state index in [4.69, 9.17) is 4.74 Å². The first-order valence-corrected chi connectivity index (χ1v) is 13.7. The zero-order valence-electron chi connectivity index (χ0n) is 22.2. The van der Waals surface area contributed by atoms with Crippen LogP contribution in [0.15, 0.2) is 11.6 Å². The van der Waals surface area contributed by atoms with E-state index in [0.29, 0.717) is 24.8 Å². The molecule has 0 aromatic carbocycles. The number of rotatable bonds is 4. The van der Waals surface area contributed by atoms with Crippen molar-refractivity contribution < 1.29 is 45.0 Å². The first kappa shape index (κ1) is 27.2. The van der Waals surface area contributed by atoms with Crippen LogP contribution in [-0.2, 0) is 14.3 Å². The molecule has 0 radical (unpaired) electrons. The molecule has 0 bridgehead atoms. The molecule has 5 aliphatic rings. The summed E-state index contributed by atoms with van der Waals surface area (Å²) < 4.78 is 5.12. The van der Waals surface area contributed by atoms with Gasteiger partial charge >= 0.3 is 5.97 Å². The van der Waals surface area contributed by atoms with E-state index < -0.39 is 57.6 Å². The van der Waals surface area contributed by atoms with Gasteiger partial charge in [0.15, 0.2) is 5.78 Å². The van der Waals surface area contributed by atoms with Crippen LogP contribution in [0.3, 0.4) is 0 Å². The van der Waals surface area contributed by atoms with Gasteiger partial charge in [-0.1, -0.05) is 20.8 Å². The zero-order valence-corrected chi connectivity index (χ0v) is 22.2. The summed E-state index contributed by atoms with van der Waals surface area (Å²) in [7, 11) is 0. The van der Waals surface area contributed by atoms with Crippen LogP contribution >= 0.6 is 0 Å². The first-order chi connectivity index (χ1) is 17.0. The fourth-order valence-corrected chi connectivity index (χ4v) is 8.98. The van der Waals surface area contributed by atoms with Crippen LogP contribution in [0, 0.1) is 34.5 Å². The van der Waals surface area contributed by atoms with Crippen molar-refractivity contribution in [2.75, 3.05) is 6.61 Å². The lowest BCUT2D eigenvalue weighted by molar-refractivity contribution is -0.211. The van der Waals surface area contributed by atoms with Gasteiger partial charge in [-0.25, -0.2) is 0 Å². The minimum absolute atomic E-state index is 0.0332. The smallest absolute Gasteiger partial charge is 0.309 e. The van der Waals surface area contributed by atoms with Crippen molar-refractivity contribution in [1.82, 2.24) is 0 Å². The van der Waals surface area contributed by atoms with Gasteiger partial charge in [-0.2, -0.15) is 0 Å². The van der Waals surface area contributed by atoms with Crippen molar-refractivity contribution in [2.24, 2.45) is 34.5 Å². The molecule has 1 heterocycles. The second-order valence-electron chi connectivity index (χ2n) is 13.4. The highest BCUT2D eigenvalue weighted by molar-refractivity contribution is 6.00. The first-order valence-electron chi connectivity index (χ1n) is 13.7. The van der Waals surface area contributed by atoms with E-state index >= 15 is 0 Å². The van der Waals surface area contributed by atoms with Crippen LogP contribution in [0.5, 0.6) is 0 Å². The Balaban J connectivity index is 1.47. The molecule has 4 aliphatic carbocycles. The molecule has 1 aliphatic heterocycles. The Bertz CT molecular complexity index is 1020. The third-order valence-corrected chi connectivity index (χ3v) is 11.7. The van der Waals surface area contributed by atoms with Gasteiger partial charge in [-0.05, 0) is 68.9 Å². The maximum Gasteiger partial charge on any atom is 0.309 e. The van der Waals surface area contributed by atoms with Gasteiger partial charge in [0.05, 0.1) is 42.0 Å². The van der Waals surface area contributed by atoms with Crippen LogP contribution in [0.4, 0.5) is 0 Å². The molecule has 37 heavy (non-hydrogen) atoms. The van der Waals surface area contributed by atoms with E-state index in [1.165, 1.54) is 6.08 Å². The van der Waals surface area contributed by atoms with Crippen LogP contribution in [0.2, 0.25) is 0 Å². The summed E-state index contributed by atoms with van der Waals surface area (Å²) in [6.07, 6.45) is -0.392. The van der Waals surface area contributed by atoms with Crippen molar-refractivity contribution in [3.63, 3.8) is 0 Å². The second-order valence-corrected chi connectivity index (χ2v) is 13.4. The van der Waals surface area contributed by atoms with E-state index in [1.807, 2.05) is 6.92 Å². The van der Waals surface area contributed by atoms with Gasteiger partial charge in [-0.15, -0.1) is 0 Å². The largest absolute Gasteiger partial charge is 0.465 e. The Morgan fingerprint density at radius 2 is 1.70 bits per heavy atom. The Kier molecular flexibility index (Phi) is 6.12. The van der Waals surface area contributed by atoms with Crippen molar-refractivity contribution >= 4 is 11.8 Å². The fraction of sp³-hybridized carbons (Fsp3) is 0.857. The Hall–Kier alpha value is -1.36. The molecular formula is C28H42O9. The topological polar surface area (TPSA) is 165 Å². The van der Waals surface area contributed by atoms with Crippen LogP contribution in [0.1, 0.15) is 72.6 Å². The monoisotopic (exact) mass is 522 g/mol. The highest BCUT2D eigenvalue weighted by Gasteiger charge is 2.71. The van der Waals surface area contributed by atoms with E-state index in [1.54, 1.807) is 20.8 Å². The van der Waals surface area contributed by atoms with Gasteiger partial charge in [0.1, 0.15) is 5.60 Å². The van der Waals surface area contributed by atoms with Crippen LogP contribution in [0.25, 0.3) is 0 Å². The van der Waals surface area contributed by atoms with E-state index in [2.05, 4.69) is 0 Å². The predicted molar refractivity (Wildman–Crippen MR) is 131 cm³/mol. The van der Waals surface area contributed by atoms with Gasteiger partial charge in [-0.3, -0.25) is 9.59 Å². The maximum absolute atomic E-state index is 13.4. The summed E-state index contributed by atoms with van der Waals surface area (Å²) in [6, 6.07) is 0. The van der Waals surface area contributed by atoms with Crippen LogP contribution < -0.4 is 0 Å². The van der Waals surface area contributed by atoms with Crippen molar-refractivity contribution in [3.05, 3.63) is 11.6 Å². The summed E-state index contributed by atoms with van der Waals surface area (Å²) in [5, 5.41) is 67.5. The normalized spacial score (nSPS) is 51.9. The fourth-order valence-electron chi connectivity index (χ4n) is 8.98. The minimum Gasteiger partial charge on any atom is -0.465 e. The van der Waals surface area contributed by atoms with Crippen molar-refractivity contribution in [3.8, 4) is 0 Å². The number of ketones is 1. The number of hydrogen-bond donors (Lipinski definition) is 6. The SMILES string of the molecule is CC1C(=O)OCC1CC(O)C(C)(O)C1CCC2(O)C3=CC(=O)C4(O)CC(O)C(O)CC4(C)C3CCC12C. The molecular weight excluding hydrogens is 480 g/mol. The van der Waals surface area contributed by atoms with Gasteiger partial charge < -0.3 is 35.4 Å². The molecule has 0 spiro atoms. The highest BCUT2D eigenvalue weighted by Crippen LogP contribution is 2.69. The molecule has 208 valence electrons. The standard InChI is InChI=1S/C28H42O9/c1-14-15(13-37-23(14)33)9-21(31)26(4,34)20-6-8-27(35)17-10-22(32)28(36)12-19(30)18(29)11-25(28,3)16(17)5-7-24(20,27)2/h10,14-16,18-21,29-31,34-36H,5-9,11-13H2,1-4H3. The molecule has 0 aromatic rings. The number of ether oxygens (including phenoxy) is 1. The Morgan fingerprint density at radius 3 is 2.32 bits per heavy atom. The third-order valence-electron chi connectivity index (χ3n) is 11.7. The molecule has 0 amide bonds. The molecule has 5 rings (SSSR count). The van der Waals surface area contributed by atoms with Gasteiger partial charge in [0, 0.05) is 23.2 Å². The number of carbonyl (C=O) groups excluding carboxylic acids is 2. The summed E-state index contributed by atoms with van der Waals surface area (Å²) in [6.45, 7) is 7.22. The number of carbonyl (C=O) groups is 2. The number of hydrogen-bond acceptors (Lipinski definition) is 9. The molecule has 12 unspecified atom stereocenters. The van der Waals surface area contributed by atoms with Gasteiger partial charge in [0.2, 0.25) is 0 Å². The van der Waals surface area contributed by atoms with E-state index in [9.17, 15) is 40.2 Å². The maximum atomic E-state index is 13.4. The molecule has 4 fully saturated rings. The molecule has 0 aromatic heterocycles. The molecule has 6 N–H and O–H groups in total. The van der Waals surface area contributed by atoms with E-state index in [-0.39, 0.29) is 56.0 Å². The summed E-state index contributed by atoms with van der Waals surface area (Å²) >= 11 is 0. The minimum atomic E-state index is -1.83. The zero-order chi connectivity index (χ0) is 27.3. The highest BCUT2D eigenvalue weighted by atomic mass is 16.5. The van der Waals surface area contributed by atoms with E-state index in [0.717, 1.165) is 0 Å². The van der Waals surface area contributed by atoms with Crippen LogP contribution in [-0.4, -0.2) is 84.1 Å². The lowest BCUT2D eigenvalue weighted by Gasteiger charge is -2.62. The average Bonchev–Trinajstić information content (AvgIpc) is 3.28. The lowest BCUT2D eigenvalue weighted by Crippen LogP contribution is -2.69. The summed E-state index contributed by atoms with van der Waals surface area (Å²) in [5.74, 6) is -2.31.